The lowest BCUT2D eigenvalue weighted by atomic mass is 10.2. The average molecular weight is 347 g/mol. The first-order valence-corrected chi connectivity index (χ1v) is 8.51. The lowest BCUT2D eigenvalue weighted by Gasteiger charge is -2.36. The molecule has 1 aliphatic rings. The summed E-state index contributed by atoms with van der Waals surface area (Å²) in [5.74, 6) is 2.43. The van der Waals surface area contributed by atoms with Gasteiger partial charge in [-0.15, -0.1) is 0 Å². The van der Waals surface area contributed by atoms with Crippen LogP contribution in [0.4, 0.5) is 23.1 Å². The van der Waals surface area contributed by atoms with Crippen LogP contribution < -0.4 is 19.9 Å². The Hall–Kier alpha value is -3.28. The quantitative estimate of drug-likeness (QED) is 0.778. The molecular formula is C20H21N5O. The molecule has 132 valence electrons. The number of hydrogen-bond donors (Lipinski definition) is 1. The number of para-hydroxylation sites is 1. The molecule has 0 amide bonds. The van der Waals surface area contributed by atoms with Gasteiger partial charge in [0.1, 0.15) is 11.6 Å². The molecule has 0 aliphatic carbocycles. The zero-order chi connectivity index (χ0) is 17.9. The Morgan fingerprint density at radius 2 is 1.81 bits per heavy atom. The van der Waals surface area contributed by atoms with Gasteiger partial charge in [-0.05, 0) is 36.4 Å². The molecule has 0 spiro atoms. The monoisotopic (exact) mass is 347 g/mol. The molecule has 6 heteroatoms. The van der Waals surface area contributed by atoms with Gasteiger partial charge in [-0.2, -0.15) is 4.98 Å². The fourth-order valence-electron chi connectivity index (χ4n) is 3.10. The van der Waals surface area contributed by atoms with Crippen molar-refractivity contribution in [2.75, 3.05) is 35.9 Å². The van der Waals surface area contributed by atoms with Gasteiger partial charge >= 0.3 is 0 Å². The molecule has 2 aromatic carbocycles. The predicted molar refractivity (Wildman–Crippen MR) is 104 cm³/mol. The van der Waals surface area contributed by atoms with E-state index in [0.717, 1.165) is 41.7 Å². The molecule has 26 heavy (non-hydrogen) atoms. The Morgan fingerprint density at radius 3 is 2.54 bits per heavy atom. The lowest BCUT2D eigenvalue weighted by Crippen LogP contribution is -2.41. The van der Waals surface area contributed by atoms with Gasteiger partial charge in [-0.1, -0.05) is 18.2 Å². The topological polar surface area (TPSA) is 53.5 Å². The van der Waals surface area contributed by atoms with Crippen LogP contribution in [0, 0.1) is 0 Å². The predicted octanol–water partition coefficient (Wildman–Crippen LogP) is 3.64. The van der Waals surface area contributed by atoms with Crippen LogP contribution in [0.1, 0.15) is 5.56 Å². The maximum absolute atomic E-state index is 5.24. The number of anilines is 4. The highest BCUT2D eigenvalue weighted by Crippen LogP contribution is 2.29. The summed E-state index contributed by atoms with van der Waals surface area (Å²) < 4.78 is 5.24. The van der Waals surface area contributed by atoms with E-state index in [1.165, 1.54) is 0 Å². The largest absolute Gasteiger partial charge is 0.497 e. The highest BCUT2D eigenvalue weighted by atomic mass is 16.5. The molecule has 1 aromatic heterocycles. The molecule has 0 fully saturated rings. The Balaban J connectivity index is 1.55. The van der Waals surface area contributed by atoms with Crippen LogP contribution in [-0.2, 0) is 6.54 Å². The van der Waals surface area contributed by atoms with Crippen LogP contribution >= 0.6 is 0 Å². The van der Waals surface area contributed by atoms with E-state index in [2.05, 4.69) is 32.2 Å². The third-order valence-electron chi connectivity index (χ3n) is 4.41. The van der Waals surface area contributed by atoms with Crippen LogP contribution in [0.25, 0.3) is 0 Å². The maximum atomic E-state index is 5.24. The van der Waals surface area contributed by atoms with Gasteiger partial charge in [-0.3, -0.25) is 0 Å². The Labute approximate surface area is 153 Å². The number of aromatic nitrogens is 2. The van der Waals surface area contributed by atoms with Crippen molar-refractivity contribution in [1.29, 1.82) is 0 Å². The molecule has 4 rings (SSSR count). The van der Waals surface area contributed by atoms with Crippen LogP contribution in [0.2, 0.25) is 0 Å². The lowest BCUT2D eigenvalue weighted by molar-refractivity contribution is 0.415. The van der Waals surface area contributed by atoms with Crippen molar-refractivity contribution < 1.29 is 4.74 Å². The number of fused-ring (bicyclic) bond motifs is 1. The molecule has 2 heterocycles. The van der Waals surface area contributed by atoms with E-state index >= 15 is 0 Å². The zero-order valence-electron chi connectivity index (χ0n) is 14.9. The van der Waals surface area contributed by atoms with E-state index in [0.29, 0.717) is 5.95 Å². The number of nitrogens with zero attached hydrogens (tertiary/aromatic N) is 4. The first-order valence-electron chi connectivity index (χ1n) is 8.51. The second-order valence-electron chi connectivity index (χ2n) is 6.27. The molecule has 0 unspecified atom stereocenters. The van der Waals surface area contributed by atoms with E-state index in [9.17, 15) is 0 Å². The van der Waals surface area contributed by atoms with Gasteiger partial charge in [0, 0.05) is 36.7 Å². The van der Waals surface area contributed by atoms with E-state index in [1.54, 1.807) is 7.11 Å². The minimum atomic E-state index is 0.611. The summed E-state index contributed by atoms with van der Waals surface area (Å²) in [6.45, 7) is 1.54. The first kappa shape index (κ1) is 16.2. The molecule has 0 atom stereocenters. The maximum Gasteiger partial charge on any atom is 0.229 e. The Kier molecular flexibility index (Phi) is 4.31. The number of hydrogen-bond acceptors (Lipinski definition) is 6. The van der Waals surface area contributed by atoms with Crippen molar-refractivity contribution in [1.82, 2.24) is 9.97 Å². The summed E-state index contributed by atoms with van der Waals surface area (Å²) in [4.78, 5) is 13.6. The van der Waals surface area contributed by atoms with Crippen LogP contribution in [0.3, 0.4) is 0 Å². The smallest absolute Gasteiger partial charge is 0.229 e. The molecule has 0 bridgehead atoms. The number of nitrogens with one attached hydrogen (secondary N) is 1. The van der Waals surface area contributed by atoms with Gasteiger partial charge in [0.25, 0.3) is 0 Å². The molecule has 0 saturated carbocycles. The Bertz CT molecular complexity index is 882. The normalized spacial score (nSPS) is 13.3. The van der Waals surface area contributed by atoms with Gasteiger partial charge < -0.3 is 19.9 Å². The summed E-state index contributed by atoms with van der Waals surface area (Å²) in [6, 6.07) is 18.1. The summed E-state index contributed by atoms with van der Waals surface area (Å²) in [6.07, 6.45) is 1.90. The van der Waals surface area contributed by atoms with Crippen molar-refractivity contribution >= 4 is 23.1 Å². The molecule has 0 saturated heterocycles. The molecule has 0 radical (unpaired) electrons. The van der Waals surface area contributed by atoms with E-state index in [4.69, 9.17) is 9.72 Å². The second kappa shape index (κ2) is 6.92. The Morgan fingerprint density at radius 1 is 1.04 bits per heavy atom. The zero-order valence-corrected chi connectivity index (χ0v) is 14.9. The number of methoxy groups -OCH3 is 1. The van der Waals surface area contributed by atoms with Gasteiger partial charge in [0.05, 0.1) is 13.8 Å². The highest BCUT2D eigenvalue weighted by molar-refractivity contribution is 5.60. The van der Waals surface area contributed by atoms with Gasteiger partial charge in [0.2, 0.25) is 5.95 Å². The van der Waals surface area contributed by atoms with Crippen LogP contribution in [0.15, 0.2) is 60.8 Å². The molecule has 1 N–H and O–H groups in total. The van der Waals surface area contributed by atoms with Gasteiger partial charge in [-0.25, -0.2) is 4.98 Å². The number of benzene rings is 2. The molecule has 1 aliphatic heterocycles. The van der Waals surface area contributed by atoms with Crippen molar-refractivity contribution in [3.05, 3.63) is 66.4 Å². The third kappa shape index (κ3) is 3.26. The van der Waals surface area contributed by atoms with E-state index < -0.39 is 0 Å². The molecule has 3 aromatic rings. The summed E-state index contributed by atoms with van der Waals surface area (Å²) >= 11 is 0. The van der Waals surface area contributed by atoms with E-state index in [-0.39, 0.29) is 0 Å². The number of ether oxygens (including phenoxy) is 1. The fraction of sp³-hybridized carbons (Fsp3) is 0.200. The molecular weight excluding hydrogens is 326 g/mol. The third-order valence-corrected chi connectivity index (χ3v) is 4.41. The minimum absolute atomic E-state index is 0.611. The minimum Gasteiger partial charge on any atom is -0.497 e. The van der Waals surface area contributed by atoms with Crippen molar-refractivity contribution in [3.63, 3.8) is 0 Å². The summed E-state index contributed by atoms with van der Waals surface area (Å²) in [5, 5.41) is 3.25. The highest BCUT2D eigenvalue weighted by Gasteiger charge is 2.22. The first-order chi connectivity index (χ1) is 12.7. The average Bonchev–Trinajstić information content (AvgIpc) is 2.69. The van der Waals surface area contributed by atoms with Crippen molar-refractivity contribution in [3.8, 4) is 5.75 Å². The SMILES string of the molecule is COc1ccc(N2Cc3cnc(Nc4ccccc4)nc3N(C)C2)cc1. The van der Waals surface area contributed by atoms with Crippen molar-refractivity contribution in [2.45, 2.75) is 6.54 Å². The van der Waals surface area contributed by atoms with Crippen LogP contribution in [-0.4, -0.2) is 30.8 Å². The van der Waals surface area contributed by atoms with Crippen molar-refractivity contribution in [2.24, 2.45) is 0 Å². The fourth-order valence-corrected chi connectivity index (χ4v) is 3.10. The second-order valence-corrected chi connectivity index (χ2v) is 6.27. The standard InChI is InChI=1S/C20H21N5O/c1-24-14-25(17-8-10-18(26-2)11-9-17)13-15-12-21-20(23-19(15)24)22-16-6-4-3-5-7-16/h3-12H,13-14H2,1-2H3,(H,21,22,23). The molecule has 6 nitrogen and oxygen atoms in total. The summed E-state index contributed by atoms with van der Waals surface area (Å²) in [7, 11) is 3.73. The van der Waals surface area contributed by atoms with E-state index in [1.807, 2.05) is 55.7 Å². The van der Waals surface area contributed by atoms with Crippen LogP contribution in [0.5, 0.6) is 5.75 Å². The van der Waals surface area contributed by atoms with Gasteiger partial charge in [0.15, 0.2) is 0 Å². The number of rotatable bonds is 4. The summed E-state index contributed by atoms with van der Waals surface area (Å²) in [5.41, 5.74) is 3.23.